The van der Waals surface area contributed by atoms with Gasteiger partial charge in [0.2, 0.25) is 5.55 Å². The zero-order chi connectivity index (χ0) is 13.8. The smallest absolute Gasteiger partial charge is 0.252 e. The molecule has 98 valence electrons. The summed E-state index contributed by atoms with van der Waals surface area (Å²) in [5.41, 5.74) is 12.7. The van der Waals surface area contributed by atoms with Crippen LogP contribution in [-0.4, -0.2) is 5.91 Å². The molecule has 0 unspecified atom stereocenters. The summed E-state index contributed by atoms with van der Waals surface area (Å²) < 4.78 is 5.27. The number of nitrogen functional groups attached to an aromatic ring is 1. The molecule has 7 heteroatoms. The third-order valence-corrected chi connectivity index (χ3v) is 2.66. The number of anilines is 1. The largest absolute Gasteiger partial charge is 0.439 e. The number of carbonyl (C=O) groups excluding carboxylic acids is 1. The summed E-state index contributed by atoms with van der Waals surface area (Å²) in [5, 5.41) is 16.5. The number of fused-ring (bicyclic) bond motifs is 1. The van der Waals surface area contributed by atoms with Crippen molar-refractivity contribution in [2.24, 2.45) is 0 Å². The average Bonchev–Trinajstić information content (AvgIpc) is 2.36. The summed E-state index contributed by atoms with van der Waals surface area (Å²) in [6.07, 6.45) is 3.02. The van der Waals surface area contributed by atoms with Crippen LogP contribution in [0, 0.1) is 16.7 Å². The first-order chi connectivity index (χ1) is 9.11. The number of hydrazine groups is 1. The fourth-order valence-electron chi connectivity index (χ4n) is 1.88. The van der Waals surface area contributed by atoms with Gasteiger partial charge in [0.15, 0.2) is 0 Å². The molecule has 0 spiro atoms. The Kier molecular flexibility index (Phi) is 3.52. The summed E-state index contributed by atoms with van der Waals surface area (Å²) in [6.45, 7) is 0. The molecule has 0 radical (unpaired) electrons. The van der Waals surface area contributed by atoms with E-state index in [9.17, 15) is 4.79 Å². The Labute approximate surface area is 108 Å². The first kappa shape index (κ1) is 12.7. The maximum absolute atomic E-state index is 11.2. The number of hydrogen-bond donors (Lipinski definition) is 4. The highest BCUT2D eigenvalue weighted by Gasteiger charge is 2.10. The van der Waals surface area contributed by atoms with Crippen molar-refractivity contribution in [2.45, 2.75) is 19.3 Å². The lowest BCUT2D eigenvalue weighted by atomic mass is 10.1. The standard InChI is InChI=1S/C12H13N5O2/c13-5-4-11(18)17-16-8-2-1-3-9-12(8)7(14)6-10(15)19-9/h3,6,15-16H,1-2,4,14H2,(H,17,18). The SMILES string of the molecule is N#CCC(=O)NNC1=c2c(N)cc(=N)oc2=CCC1. The molecule has 1 heterocycles. The number of hydrogen-bond acceptors (Lipinski definition) is 6. The van der Waals surface area contributed by atoms with E-state index >= 15 is 0 Å². The number of rotatable bonds is 3. The molecule has 7 nitrogen and oxygen atoms in total. The summed E-state index contributed by atoms with van der Waals surface area (Å²) in [4.78, 5) is 11.2. The van der Waals surface area contributed by atoms with Crippen molar-refractivity contribution in [3.8, 4) is 6.07 Å². The molecule has 0 saturated carbocycles. The predicted octanol–water partition coefficient (Wildman–Crippen LogP) is -1.44. The fourth-order valence-corrected chi connectivity index (χ4v) is 1.88. The second kappa shape index (κ2) is 5.27. The topological polar surface area (TPSA) is 128 Å². The molecule has 1 aromatic heterocycles. The van der Waals surface area contributed by atoms with E-state index < -0.39 is 5.91 Å². The lowest BCUT2D eigenvalue weighted by Gasteiger charge is -2.14. The molecule has 0 fully saturated rings. The van der Waals surface area contributed by atoms with Crippen LogP contribution in [0.25, 0.3) is 11.8 Å². The molecule has 2 rings (SSSR count). The molecule has 1 aromatic rings. The van der Waals surface area contributed by atoms with Crippen LogP contribution in [0.1, 0.15) is 19.3 Å². The van der Waals surface area contributed by atoms with Crippen molar-refractivity contribution >= 4 is 23.4 Å². The Morgan fingerprint density at radius 1 is 1.63 bits per heavy atom. The van der Waals surface area contributed by atoms with E-state index in [1.165, 1.54) is 6.07 Å². The number of nitrogens with two attached hydrogens (primary N) is 1. The number of nitriles is 1. The van der Waals surface area contributed by atoms with Gasteiger partial charge in [-0.05, 0) is 18.9 Å². The van der Waals surface area contributed by atoms with E-state index in [1.807, 2.05) is 6.08 Å². The Bertz CT molecular complexity index is 726. The van der Waals surface area contributed by atoms with Gasteiger partial charge < -0.3 is 15.6 Å². The van der Waals surface area contributed by atoms with Crippen LogP contribution in [-0.2, 0) is 4.79 Å². The third kappa shape index (κ3) is 2.74. The van der Waals surface area contributed by atoms with Crippen molar-refractivity contribution in [1.82, 2.24) is 10.9 Å². The van der Waals surface area contributed by atoms with Gasteiger partial charge in [0.05, 0.1) is 11.3 Å². The van der Waals surface area contributed by atoms with Gasteiger partial charge in [-0.2, -0.15) is 5.26 Å². The molecular weight excluding hydrogens is 246 g/mol. The van der Waals surface area contributed by atoms with E-state index in [0.717, 1.165) is 6.42 Å². The Balaban J connectivity index is 2.38. The number of amides is 1. The van der Waals surface area contributed by atoms with Crippen LogP contribution in [0.2, 0.25) is 0 Å². The third-order valence-electron chi connectivity index (χ3n) is 2.66. The van der Waals surface area contributed by atoms with Crippen molar-refractivity contribution in [2.75, 3.05) is 5.73 Å². The lowest BCUT2D eigenvalue weighted by Crippen LogP contribution is -2.44. The van der Waals surface area contributed by atoms with Crippen LogP contribution < -0.4 is 32.8 Å². The van der Waals surface area contributed by atoms with Crippen molar-refractivity contribution in [1.29, 1.82) is 10.7 Å². The zero-order valence-corrected chi connectivity index (χ0v) is 10.1. The second-order valence-corrected chi connectivity index (χ2v) is 4.03. The average molecular weight is 259 g/mol. The van der Waals surface area contributed by atoms with Gasteiger partial charge in [-0.15, -0.1) is 0 Å². The molecule has 0 aliphatic heterocycles. The first-order valence-electron chi connectivity index (χ1n) is 5.71. The molecule has 0 aromatic carbocycles. The highest BCUT2D eigenvalue weighted by Crippen LogP contribution is 2.04. The van der Waals surface area contributed by atoms with E-state index in [0.29, 0.717) is 28.4 Å². The molecular formula is C12H13N5O2. The van der Waals surface area contributed by atoms with Gasteiger partial charge >= 0.3 is 0 Å². The maximum atomic E-state index is 11.2. The molecule has 1 aliphatic rings. The molecule has 19 heavy (non-hydrogen) atoms. The molecule has 1 aliphatic carbocycles. The quantitative estimate of drug-likeness (QED) is 0.494. The predicted molar refractivity (Wildman–Crippen MR) is 66.8 cm³/mol. The number of carbonyl (C=O) groups is 1. The monoisotopic (exact) mass is 259 g/mol. The van der Waals surface area contributed by atoms with Crippen LogP contribution >= 0.6 is 0 Å². The Morgan fingerprint density at radius 2 is 2.42 bits per heavy atom. The van der Waals surface area contributed by atoms with Crippen LogP contribution in [0.5, 0.6) is 0 Å². The Hall–Kier alpha value is -2.75. The van der Waals surface area contributed by atoms with Gasteiger partial charge in [-0.3, -0.25) is 15.6 Å². The van der Waals surface area contributed by atoms with Crippen LogP contribution in [0.3, 0.4) is 0 Å². The maximum Gasteiger partial charge on any atom is 0.252 e. The van der Waals surface area contributed by atoms with Crippen LogP contribution in [0.15, 0.2) is 10.5 Å². The minimum absolute atomic E-state index is 0.0118. The summed E-state index contributed by atoms with van der Waals surface area (Å²) >= 11 is 0. The van der Waals surface area contributed by atoms with Gasteiger partial charge in [0, 0.05) is 17.5 Å². The summed E-state index contributed by atoms with van der Waals surface area (Å²) in [5.74, 6) is -0.418. The van der Waals surface area contributed by atoms with E-state index in [4.69, 9.17) is 20.8 Å². The van der Waals surface area contributed by atoms with Gasteiger partial charge in [-0.25, -0.2) is 0 Å². The molecule has 1 amide bonds. The van der Waals surface area contributed by atoms with Crippen molar-refractivity contribution in [3.63, 3.8) is 0 Å². The lowest BCUT2D eigenvalue weighted by molar-refractivity contribution is -0.120. The van der Waals surface area contributed by atoms with Crippen molar-refractivity contribution in [3.05, 3.63) is 22.3 Å². The normalized spacial score (nSPS) is 12.9. The fraction of sp³-hybridized carbons (Fsp3) is 0.250. The van der Waals surface area contributed by atoms with E-state index in [-0.39, 0.29) is 12.0 Å². The van der Waals surface area contributed by atoms with Crippen LogP contribution in [0.4, 0.5) is 5.69 Å². The second-order valence-electron chi connectivity index (χ2n) is 4.03. The first-order valence-corrected chi connectivity index (χ1v) is 5.71. The summed E-state index contributed by atoms with van der Waals surface area (Å²) in [7, 11) is 0. The molecule has 0 atom stereocenters. The highest BCUT2D eigenvalue weighted by molar-refractivity contribution is 5.78. The molecule has 0 bridgehead atoms. The minimum atomic E-state index is -0.418. The molecule has 5 N–H and O–H groups in total. The van der Waals surface area contributed by atoms with Gasteiger partial charge in [0.1, 0.15) is 11.8 Å². The minimum Gasteiger partial charge on any atom is -0.439 e. The zero-order valence-electron chi connectivity index (χ0n) is 10.1. The van der Waals surface area contributed by atoms with E-state index in [1.54, 1.807) is 6.07 Å². The van der Waals surface area contributed by atoms with Gasteiger partial charge in [-0.1, -0.05) is 0 Å². The van der Waals surface area contributed by atoms with Crippen molar-refractivity contribution < 1.29 is 9.21 Å². The summed E-state index contributed by atoms with van der Waals surface area (Å²) in [6, 6.07) is 3.17. The number of nitrogens with zero attached hydrogens (tertiary/aromatic N) is 1. The Morgan fingerprint density at radius 3 is 3.16 bits per heavy atom. The van der Waals surface area contributed by atoms with Gasteiger partial charge in [0.25, 0.3) is 5.91 Å². The highest BCUT2D eigenvalue weighted by atomic mass is 16.3. The molecule has 0 saturated heterocycles. The van der Waals surface area contributed by atoms with E-state index in [2.05, 4.69) is 10.9 Å². The number of nitrogens with one attached hydrogen (secondary N) is 3.